The van der Waals surface area contributed by atoms with Gasteiger partial charge in [0, 0.05) is 16.9 Å². The van der Waals surface area contributed by atoms with Crippen LogP contribution in [0.5, 0.6) is 11.5 Å². The van der Waals surface area contributed by atoms with Gasteiger partial charge < -0.3 is 14.6 Å². The van der Waals surface area contributed by atoms with Crippen LogP contribution in [0.2, 0.25) is 0 Å². The maximum absolute atomic E-state index is 13.4. The topological polar surface area (TPSA) is 89.0 Å². The Labute approximate surface area is 215 Å². The number of thiophene rings is 1. The highest BCUT2D eigenvalue weighted by molar-refractivity contribution is 7.22. The Morgan fingerprint density at radius 2 is 2.08 bits per heavy atom. The monoisotopic (exact) mass is 518 g/mol. The number of benzene rings is 2. The zero-order chi connectivity index (χ0) is 25.0. The second kappa shape index (κ2) is 8.76. The Morgan fingerprint density at radius 3 is 2.86 bits per heavy atom. The molecular weight excluding hydrogens is 496 g/mol. The largest absolute Gasteiger partial charge is 0.507 e. The van der Waals surface area contributed by atoms with Crippen molar-refractivity contribution >= 4 is 55.5 Å². The number of carbonyl (C=O) groups excluding carboxylic acids is 2. The summed E-state index contributed by atoms with van der Waals surface area (Å²) in [6, 6.07) is 13.8. The van der Waals surface area contributed by atoms with E-state index in [4.69, 9.17) is 9.47 Å². The normalized spacial score (nSPS) is 20.7. The highest BCUT2D eigenvalue weighted by atomic mass is 32.1. The molecule has 2 atom stereocenters. The number of carbonyl (C=O) groups is 2. The first-order chi connectivity index (χ1) is 17.4. The number of fused-ring (bicyclic) bond motifs is 2. The molecule has 0 bridgehead atoms. The van der Waals surface area contributed by atoms with Gasteiger partial charge >= 0.3 is 5.91 Å². The summed E-state index contributed by atoms with van der Waals surface area (Å²) in [7, 11) is 0. The Hall–Kier alpha value is -3.69. The van der Waals surface area contributed by atoms with E-state index in [2.05, 4.69) is 4.98 Å². The number of thiazole rings is 1. The second-order valence-corrected chi connectivity index (χ2v) is 10.7. The Balaban J connectivity index is 1.48. The lowest BCUT2D eigenvalue weighted by molar-refractivity contribution is -0.132. The van der Waals surface area contributed by atoms with Crippen LogP contribution in [0.15, 0.2) is 59.5 Å². The van der Waals surface area contributed by atoms with E-state index in [0.29, 0.717) is 35.0 Å². The molecule has 0 spiro atoms. The summed E-state index contributed by atoms with van der Waals surface area (Å²) in [4.78, 5) is 33.6. The molecule has 2 aromatic carbocycles. The van der Waals surface area contributed by atoms with Crippen LogP contribution in [0.3, 0.4) is 0 Å². The lowest BCUT2D eigenvalue weighted by atomic mass is 9.98. The Bertz CT molecular complexity index is 1540. The fourth-order valence-electron chi connectivity index (χ4n) is 4.72. The molecule has 1 saturated heterocycles. The van der Waals surface area contributed by atoms with Crippen LogP contribution in [0.25, 0.3) is 16.0 Å². The molecule has 2 aliphatic heterocycles. The number of rotatable bonds is 5. The average Bonchev–Trinajstić information content (AvgIpc) is 3.64. The van der Waals surface area contributed by atoms with Crippen LogP contribution in [-0.4, -0.2) is 34.5 Å². The minimum Gasteiger partial charge on any atom is -0.507 e. The van der Waals surface area contributed by atoms with Crippen LogP contribution in [-0.2, 0) is 16.0 Å². The maximum Gasteiger partial charge on any atom is 0.301 e. The highest BCUT2D eigenvalue weighted by Gasteiger charge is 2.48. The fourth-order valence-corrected chi connectivity index (χ4v) is 6.57. The SMILES string of the molecule is CCOc1ccc2nc(N3C(=O)C(=O)C(=C(O)c4ccc5c(c4)C[C@H](C)O5)[C@H]3c3cccs3)sc2c1. The third-order valence-corrected chi connectivity index (χ3v) is 8.23. The average molecular weight is 519 g/mol. The van der Waals surface area contributed by atoms with Crippen LogP contribution in [0.4, 0.5) is 5.13 Å². The number of ether oxygens (including phenoxy) is 2. The molecule has 1 fully saturated rings. The van der Waals surface area contributed by atoms with Crippen molar-refractivity contribution in [1.82, 2.24) is 4.98 Å². The highest BCUT2D eigenvalue weighted by Crippen LogP contribution is 2.46. The molecule has 7 nitrogen and oxygen atoms in total. The molecule has 2 aliphatic rings. The van der Waals surface area contributed by atoms with Gasteiger partial charge in [0.05, 0.1) is 22.4 Å². The van der Waals surface area contributed by atoms with Crippen molar-refractivity contribution in [2.75, 3.05) is 11.5 Å². The zero-order valence-corrected chi connectivity index (χ0v) is 21.2. The number of ketones is 1. The van der Waals surface area contributed by atoms with Gasteiger partial charge in [-0.3, -0.25) is 14.5 Å². The fraction of sp³-hybridized carbons (Fsp3) is 0.222. The van der Waals surface area contributed by atoms with Gasteiger partial charge in [-0.05, 0) is 67.3 Å². The molecule has 182 valence electrons. The number of anilines is 1. The number of Topliss-reactive ketones (excluding diaryl/α,β-unsaturated/α-hetero) is 1. The van der Waals surface area contributed by atoms with Crippen molar-refractivity contribution in [3.63, 3.8) is 0 Å². The summed E-state index contributed by atoms with van der Waals surface area (Å²) in [6.45, 7) is 4.44. The smallest absolute Gasteiger partial charge is 0.301 e. The van der Waals surface area contributed by atoms with Gasteiger partial charge in [-0.1, -0.05) is 17.4 Å². The number of amides is 1. The van der Waals surface area contributed by atoms with Gasteiger partial charge in [-0.25, -0.2) is 4.98 Å². The molecule has 0 unspecified atom stereocenters. The standard InChI is InChI=1S/C27H22N2O5S2/c1-3-33-17-7-8-18-21(13-17)36-27(28-18)29-23(20-5-4-10-35-20)22(25(31)26(29)32)24(30)15-6-9-19-16(12-15)11-14(2)34-19/h4-10,12-14,23,30H,3,11H2,1-2H3/t14-,23+/m0/s1. The summed E-state index contributed by atoms with van der Waals surface area (Å²) in [5, 5.41) is 13.7. The Morgan fingerprint density at radius 1 is 1.22 bits per heavy atom. The molecule has 4 heterocycles. The Kier molecular flexibility index (Phi) is 5.54. The number of aliphatic hydroxyl groups excluding tert-OH is 1. The van der Waals surface area contributed by atoms with Crippen molar-refractivity contribution in [1.29, 1.82) is 0 Å². The van der Waals surface area contributed by atoms with Crippen molar-refractivity contribution < 1.29 is 24.2 Å². The number of hydrogen-bond acceptors (Lipinski definition) is 8. The third-order valence-electron chi connectivity index (χ3n) is 6.29. The van der Waals surface area contributed by atoms with E-state index in [0.717, 1.165) is 20.9 Å². The van der Waals surface area contributed by atoms with Gasteiger partial charge in [-0.2, -0.15) is 0 Å². The number of aliphatic hydroxyl groups is 1. The van der Waals surface area contributed by atoms with Gasteiger partial charge in [0.15, 0.2) is 5.13 Å². The van der Waals surface area contributed by atoms with Gasteiger partial charge in [0.1, 0.15) is 29.4 Å². The molecule has 0 radical (unpaired) electrons. The quantitative estimate of drug-likeness (QED) is 0.207. The van der Waals surface area contributed by atoms with E-state index in [1.54, 1.807) is 12.1 Å². The summed E-state index contributed by atoms with van der Waals surface area (Å²) in [5.41, 5.74) is 2.21. The molecule has 0 aliphatic carbocycles. The summed E-state index contributed by atoms with van der Waals surface area (Å²) in [6.07, 6.45) is 0.769. The van der Waals surface area contributed by atoms with Crippen molar-refractivity contribution in [2.45, 2.75) is 32.4 Å². The summed E-state index contributed by atoms with van der Waals surface area (Å²) >= 11 is 2.73. The number of nitrogens with zero attached hydrogens (tertiary/aromatic N) is 2. The first kappa shape index (κ1) is 22.8. The predicted octanol–water partition coefficient (Wildman–Crippen LogP) is 5.71. The number of hydrogen-bond donors (Lipinski definition) is 1. The van der Waals surface area contributed by atoms with E-state index in [-0.39, 0.29) is 17.4 Å². The molecule has 9 heteroatoms. The maximum atomic E-state index is 13.4. The van der Waals surface area contributed by atoms with Gasteiger partial charge in [0.2, 0.25) is 0 Å². The minimum absolute atomic E-state index is 0.0522. The van der Waals surface area contributed by atoms with Crippen LogP contribution < -0.4 is 14.4 Å². The minimum atomic E-state index is -0.777. The van der Waals surface area contributed by atoms with Crippen LogP contribution >= 0.6 is 22.7 Å². The lowest BCUT2D eigenvalue weighted by Gasteiger charge is -2.21. The van der Waals surface area contributed by atoms with Gasteiger partial charge in [-0.15, -0.1) is 11.3 Å². The van der Waals surface area contributed by atoms with Gasteiger partial charge in [0.25, 0.3) is 5.78 Å². The second-order valence-electron chi connectivity index (χ2n) is 8.70. The lowest BCUT2D eigenvalue weighted by Crippen LogP contribution is -2.28. The van der Waals surface area contributed by atoms with E-state index >= 15 is 0 Å². The first-order valence-corrected chi connectivity index (χ1v) is 13.3. The summed E-state index contributed by atoms with van der Waals surface area (Å²) < 4.78 is 12.2. The molecule has 36 heavy (non-hydrogen) atoms. The molecular formula is C27H22N2O5S2. The van der Waals surface area contributed by atoms with E-state index in [1.165, 1.54) is 27.6 Å². The van der Waals surface area contributed by atoms with E-state index < -0.39 is 17.7 Å². The van der Waals surface area contributed by atoms with Crippen molar-refractivity contribution in [3.8, 4) is 11.5 Å². The zero-order valence-electron chi connectivity index (χ0n) is 19.6. The van der Waals surface area contributed by atoms with E-state index in [9.17, 15) is 14.7 Å². The van der Waals surface area contributed by atoms with Crippen molar-refractivity contribution in [3.05, 3.63) is 75.5 Å². The summed E-state index contributed by atoms with van der Waals surface area (Å²) in [5.74, 6) is -0.152. The predicted molar refractivity (Wildman–Crippen MR) is 140 cm³/mol. The molecule has 0 saturated carbocycles. The van der Waals surface area contributed by atoms with Crippen LogP contribution in [0.1, 0.15) is 35.9 Å². The van der Waals surface area contributed by atoms with Crippen molar-refractivity contribution in [2.24, 2.45) is 0 Å². The molecule has 6 rings (SSSR count). The third kappa shape index (κ3) is 3.66. The molecule has 1 N–H and O–H groups in total. The van der Waals surface area contributed by atoms with E-state index in [1.807, 2.05) is 55.6 Å². The van der Waals surface area contributed by atoms with Crippen LogP contribution in [0, 0.1) is 0 Å². The first-order valence-electron chi connectivity index (χ1n) is 11.6. The number of aromatic nitrogens is 1. The molecule has 2 aromatic heterocycles. The molecule has 4 aromatic rings. The molecule has 1 amide bonds.